The number of allylic oxidation sites excluding steroid dienone is 2. The van der Waals surface area contributed by atoms with Gasteiger partial charge in [-0.05, 0) is 50.7 Å². The van der Waals surface area contributed by atoms with E-state index in [1.54, 1.807) is 19.1 Å². The Hall–Kier alpha value is -1.84. The number of primary amides is 1. The van der Waals surface area contributed by atoms with Gasteiger partial charge >= 0.3 is 5.97 Å². The third-order valence-electron chi connectivity index (χ3n) is 3.74. The molecule has 0 radical (unpaired) electrons. The van der Waals surface area contributed by atoms with E-state index in [9.17, 15) is 9.59 Å². The molecule has 1 heterocycles. The van der Waals surface area contributed by atoms with Gasteiger partial charge < -0.3 is 10.5 Å². The van der Waals surface area contributed by atoms with Crippen molar-refractivity contribution in [3.05, 3.63) is 35.6 Å². The van der Waals surface area contributed by atoms with Crippen LogP contribution in [0.25, 0.3) is 0 Å². The van der Waals surface area contributed by atoms with Crippen molar-refractivity contribution in [3.8, 4) is 0 Å². The van der Waals surface area contributed by atoms with Gasteiger partial charge in [0.15, 0.2) is 0 Å². The van der Waals surface area contributed by atoms with Crippen LogP contribution in [-0.4, -0.2) is 11.9 Å². The van der Waals surface area contributed by atoms with E-state index < -0.39 is 11.8 Å². The van der Waals surface area contributed by atoms with Crippen LogP contribution in [0.5, 0.6) is 0 Å². The molecular formula is C15H19NO3. The van der Waals surface area contributed by atoms with Crippen molar-refractivity contribution in [2.45, 2.75) is 32.6 Å². The predicted molar refractivity (Wildman–Crippen MR) is 71.7 cm³/mol. The van der Waals surface area contributed by atoms with Crippen LogP contribution in [-0.2, 0) is 14.3 Å². The zero-order valence-electron chi connectivity index (χ0n) is 11.1. The van der Waals surface area contributed by atoms with Gasteiger partial charge in [0, 0.05) is 5.57 Å². The van der Waals surface area contributed by atoms with E-state index in [1.807, 2.05) is 0 Å². The molecule has 0 aromatic heterocycles. The first-order valence-electron chi connectivity index (χ1n) is 6.59. The second-order valence-electron chi connectivity index (χ2n) is 5.27. The standard InChI is InChI=1S/C15H19NO3/c1-9-3-5-11(6-4-9)13-8-12(19-15(13)18)7-10(2)14(16)17/h7-8,10-11H,1,3-6H2,2H3,(H2,16,17). The predicted octanol–water partition coefficient (Wildman–Crippen LogP) is 2.22. The number of hydrogen-bond acceptors (Lipinski definition) is 3. The summed E-state index contributed by atoms with van der Waals surface area (Å²) in [5.74, 6) is -0.479. The van der Waals surface area contributed by atoms with E-state index in [4.69, 9.17) is 10.5 Å². The van der Waals surface area contributed by atoms with Crippen LogP contribution >= 0.6 is 0 Å². The van der Waals surface area contributed by atoms with Gasteiger partial charge in [-0.3, -0.25) is 4.79 Å². The van der Waals surface area contributed by atoms with E-state index >= 15 is 0 Å². The molecule has 4 nitrogen and oxygen atoms in total. The van der Waals surface area contributed by atoms with Crippen molar-refractivity contribution in [2.24, 2.45) is 17.6 Å². The Kier molecular flexibility index (Phi) is 3.88. The fourth-order valence-electron chi connectivity index (χ4n) is 2.44. The minimum absolute atomic E-state index is 0.243. The lowest BCUT2D eigenvalue weighted by Crippen LogP contribution is -2.19. The van der Waals surface area contributed by atoms with Gasteiger partial charge in [0.1, 0.15) is 5.76 Å². The fourth-order valence-corrected chi connectivity index (χ4v) is 2.44. The summed E-state index contributed by atoms with van der Waals surface area (Å²) in [4.78, 5) is 22.8. The van der Waals surface area contributed by atoms with Crippen molar-refractivity contribution < 1.29 is 14.3 Å². The molecule has 0 bridgehead atoms. The highest BCUT2D eigenvalue weighted by molar-refractivity contribution is 5.93. The van der Waals surface area contributed by atoms with Crippen molar-refractivity contribution >= 4 is 11.9 Å². The summed E-state index contributed by atoms with van der Waals surface area (Å²) >= 11 is 0. The highest BCUT2D eigenvalue weighted by Crippen LogP contribution is 2.35. The molecule has 4 heteroatoms. The Morgan fingerprint density at radius 3 is 2.74 bits per heavy atom. The summed E-state index contributed by atoms with van der Waals surface area (Å²) in [6.45, 7) is 5.65. The van der Waals surface area contributed by atoms with Crippen LogP contribution in [0.3, 0.4) is 0 Å². The summed E-state index contributed by atoms with van der Waals surface area (Å²) in [6.07, 6.45) is 7.16. The molecule has 1 unspecified atom stereocenters. The van der Waals surface area contributed by atoms with Gasteiger partial charge in [0.05, 0.1) is 5.92 Å². The maximum absolute atomic E-state index is 11.8. The molecule has 2 N–H and O–H groups in total. The largest absolute Gasteiger partial charge is 0.423 e. The maximum Gasteiger partial charge on any atom is 0.339 e. The molecule has 0 aromatic rings. The number of carbonyl (C=O) groups excluding carboxylic acids is 2. The smallest absolute Gasteiger partial charge is 0.339 e. The number of amides is 1. The molecule has 1 atom stereocenters. The molecule has 19 heavy (non-hydrogen) atoms. The first-order chi connectivity index (χ1) is 8.97. The molecule has 1 aliphatic heterocycles. The quantitative estimate of drug-likeness (QED) is 0.625. The number of rotatable bonds is 3. The van der Waals surface area contributed by atoms with Gasteiger partial charge in [0.2, 0.25) is 5.91 Å². The van der Waals surface area contributed by atoms with E-state index in [0.717, 1.165) is 31.3 Å². The van der Waals surface area contributed by atoms with E-state index in [2.05, 4.69) is 6.58 Å². The van der Waals surface area contributed by atoms with Gasteiger partial charge in [-0.2, -0.15) is 0 Å². The lowest BCUT2D eigenvalue weighted by molar-refractivity contribution is -0.134. The van der Waals surface area contributed by atoms with Crippen LogP contribution in [0.4, 0.5) is 0 Å². The number of cyclic esters (lactones) is 1. The number of nitrogens with two attached hydrogens (primary N) is 1. The first-order valence-corrected chi connectivity index (χ1v) is 6.59. The van der Waals surface area contributed by atoms with Crippen LogP contribution in [0.15, 0.2) is 35.6 Å². The SMILES string of the molecule is C=C1CCC(C2=CC(=CC(C)C(N)=O)OC2=O)CC1. The highest BCUT2D eigenvalue weighted by atomic mass is 16.5. The molecule has 2 aliphatic rings. The van der Waals surface area contributed by atoms with E-state index in [1.165, 1.54) is 5.57 Å². The lowest BCUT2D eigenvalue weighted by atomic mass is 9.82. The summed E-state index contributed by atoms with van der Waals surface area (Å²) < 4.78 is 5.17. The van der Waals surface area contributed by atoms with E-state index in [-0.39, 0.29) is 11.9 Å². The Balaban J connectivity index is 2.11. The Bertz CT molecular complexity index is 478. The monoisotopic (exact) mass is 261 g/mol. The van der Waals surface area contributed by atoms with Crippen LogP contribution in [0.2, 0.25) is 0 Å². The summed E-state index contributed by atoms with van der Waals surface area (Å²) in [7, 11) is 0. The zero-order valence-corrected chi connectivity index (χ0v) is 11.1. The van der Waals surface area contributed by atoms with Crippen molar-refractivity contribution in [3.63, 3.8) is 0 Å². The van der Waals surface area contributed by atoms with E-state index in [0.29, 0.717) is 5.76 Å². The zero-order chi connectivity index (χ0) is 14.0. The number of esters is 1. The second kappa shape index (κ2) is 5.43. The molecule has 1 saturated carbocycles. The van der Waals surface area contributed by atoms with Crippen LogP contribution in [0, 0.1) is 11.8 Å². The third kappa shape index (κ3) is 3.13. The minimum atomic E-state index is -0.440. The molecule has 1 aliphatic carbocycles. The summed E-state index contributed by atoms with van der Waals surface area (Å²) in [6, 6.07) is 0. The second-order valence-corrected chi connectivity index (χ2v) is 5.27. The van der Waals surface area contributed by atoms with Gasteiger partial charge in [-0.15, -0.1) is 0 Å². The number of ether oxygens (including phenoxy) is 1. The lowest BCUT2D eigenvalue weighted by Gasteiger charge is -2.22. The molecule has 0 saturated heterocycles. The molecule has 1 amide bonds. The molecular weight excluding hydrogens is 242 g/mol. The van der Waals surface area contributed by atoms with Gasteiger partial charge in [0.25, 0.3) is 0 Å². The Labute approximate surface area is 113 Å². The minimum Gasteiger partial charge on any atom is -0.423 e. The molecule has 1 fully saturated rings. The highest BCUT2D eigenvalue weighted by Gasteiger charge is 2.30. The number of carbonyl (C=O) groups is 2. The summed E-state index contributed by atoms with van der Waals surface area (Å²) in [5, 5.41) is 0. The molecule has 0 spiro atoms. The van der Waals surface area contributed by atoms with Crippen molar-refractivity contribution in [1.29, 1.82) is 0 Å². The van der Waals surface area contributed by atoms with Crippen LogP contribution in [0.1, 0.15) is 32.6 Å². The average molecular weight is 261 g/mol. The maximum atomic E-state index is 11.8. The average Bonchev–Trinajstić information content (AvgIpc) is 2.71. The Morgan fingerprint density at radius 1 is 1.53 bits per heavy atom. The van der Waals surface area contributed by atoms with Crippen molar-refractivity contribution in [1.82, 2.24) is 0 Å². The third-order valence-corrected chi connectivity index (χ3v) is 3.74. The first kappa shape index (κ1) is 13.6. The molecule has 102 valence electrons. The molecule has 0 aromatic carbocycles. The van der Waals surface area contributed by atoms with Gasteiger partial charge in [-0.1, -0.05) is 12.2 Å². The Morgan fingerprint density at radius 2 is 2.16 bits per heavy atom. The number of hydrogen-bond donors (Lipinski definition) is 1. The topological polar surface area (TPSA) is 69.4 Å². The van der Waals surface area contributed by atoms with Crippen LogP contribution < -0.4 is 5.73 Å². The van der Waals surface area contributed by atoms with Gasteiger partial charge in [-0.25, -0.2) is 4.79 Å². The normalized spacial score (nSPS) is 24.3. The molecule has 2 rings (SSSR count). The fraction of sp³-hybridized carbons (Fsp3) is 0.467. The van der Waals surface area contributed by atoms with Crippen molar-refractivity contribution in [2.75, 3.05) is 0 Å². The summed E-state index contributed by atoms with van der Waals surface area (Å²) in [5.41, 5.74) is 7.16.